The molecule has 0 heterocycles. The van der Waals surface area contributed by atoms with Gasteiger partial charge in [0.1, 0.15) is 0 Å². The van der Waals surface area contributed by atoms with E-state index in [1.54, 1.807) is 24.3 Å². The van der Waals surface area contributed by atoms with Crippen LogP contribution in [0.4, 0.5) is 0 Å². The number of nitrogens with two attached hydrogens (primary N) is 1. The zero-order valence-electron chi connectivity index (χ0n) is 16.4. The van der Waals surface area contributed by atoms with Crippen LogP contribution in [0.2, 0.25) is 0 Å². The molecule has 2 rings (SSSR count). The molecule has 0 aromatic heterocycles. The molecule has 0 bridgehead atoms. The van der Waals surface area contributed by atoms with Gasteiger partial charge in [0, 0.05) is 30.6 Å². The monoisotopic (exact) mass is 443 g/mol. The molecule has 2 aromatic rings. The second kappa shape index (κ2) is 10.9. The lowest BCUT2D eigenvalue weighted by molar-refractivity contribution is -0.117. The first-order chi connectivity index (χ1) is 14.7. The molecule has 0 saturated heterocycles. The van der Waals surface area contributed by atoms with Crippen molar-refractivity contribution in [2.45, 2.75) is 17.9 Å². The van der Waals surface area contributed by atoms with Crippen molar-refractivity contribution in [3.8, 4) is 6.07 Å². The van der Waals surface area contributed by atoms with Crippen molar-refractivity contribution in [2.24, 2.45) is 5.73 Å². The number of carbonyl (C=O) groups excluding carboxylic acids is 3. The van der Waals surface area contributed by atoms with Gasteiger partial charge in [-0.05, 0) is 42.0 Å². The smallest absolute Gasteiger partial charge is 0.251 e. The third kappa shape index (κ3) is 7.22. The number of sulfonamides is 1. The molecule has 0 atom stereocenters. The normalized spacial score (nSPS) is 10.7. The van der Waals surface area contributed by atoms with Crippen LogP contribution in [0.5, 0.6) is 0 Å². The van der Waals surface area contributed by atoms with Gasteiger partial charge in [-0.1, -0.05) is 12.1 Å². The molecule has 0 unspecified atom stereocenters. The maximum absolute atomic E-state index is 12.3. The fourth-order valence-corrected chi connectivity index (χ4v) is 3.47. The molecule has 0 aliphatic carbocycles. The van der Waals surface area contributed by atoms with Crippen molar-refractivity contribution in [2.75, 3.05) is 13.1 Å². The van der Waals surface area contributed by atoms with Gasteiger partial charge < -0.3 is 16.4 Å². The first kappa shape index (κ1) is 23.5. The zero-order chi connectivity index (χ0) is 22.9. The van der Waals surface area contributed by atoms with E-state index in [4.69, 9.17) is 11.0 Å². The Bertz CT molecular complexity index is 1090. The summed E-state index contributed by atoms with van der Waals surface area (Å²) in [5.74, 6) is -1.48. The van der Waals surface area contributed by atoms with E-state index in [1.165, 1.54) is 24.3 Å². The molecule has 10 nitrogen and oxygen atoms in total. The summed E-state index contributed by atoms with van der Waals surface area (Å²) in [6.07, 6.45) is 0.0543. The summed E-state index contributed by atoms with van der Waals surface area (Å²) in [6, 6.07) is 13.7. The number of hydrogen-bond donors (Lipinski definition) is 4. The van der Waals surface area contributed by atoms with Crippen LogP contribution in [0, 0.1) is 11.3 Å². The van der Waals surface area contributed by atoms with Gasteiger partial charge in [-0.15, -0.1) is 0 Å². The Balaban J connectivity index is 1.92. The molecular weight excluding hydrogens is 422 g/mol. The Morgan fingerprint density at radius 1 is 0.903 bits per heavy atom. The van der Waals surface area contributed by atoms with Crippen LogP contribution in [-0.2, 0) is 21.4 Å². The average molecular weight is 443 g/mol. The molecule has 0 fully saturated rings. The number of nitrogens with one attached hydrogen (secondary N) is 3. The van der Waals surface area contributed by atoms with Crippen molar-refractivity contribution in [3.05, 3.63) is 65.2 Å². The van der Waals surface area contributed by atoms with E-state index in [2.05, 4.69) is 15.4 Å². The average Bonchev–Trinajstić information content (AvgIpc) is 2.76. The molecular formula is C20H21N5O5S. The second-order valence-electron chi connectivity index (χ2n) is 6.36. The van der Waals surface area contributed by atoms with Crippen LogP contribution >= 0.6 is 0 Å². The number of rotatable bonds is 10. The van der Waals surface area contributed by atoms with Crippen LogP contribution in [0.15, 0.2) is 53.4 Å². The Labute approximate surface area is 179 Å². The molecule has 0 aliphatic rings. The number of amides is 3. The highest BCUT2D eigenvalue weighted by Gasteiger charge is 2.14. The molecule has 0 saturated carbocycles. The van der Waals surface area contributed by atoms with E-state index in [0.29, 0.717) is 5.56 Å². The molecule has 3 amide bonds. The standard InChI is InChI=1S/C20H21N5O5S/c21-10-1-11-25-31(29,30)17-8-6-16(7-9-17)19(27)23-12-14-2-4-15(5-3-14)20(28)24-13-18(22)26/h2-9,25H,1,11-13H2,(H2,22,26)(H,23,27)(H,24,28). The Kier molecular flexibility index (Phi) is 8.25. The summed E-state index contributed by atoms with van der Waals surface area (Å²) in [5, 5.41) is 13.6. The van der Waals surface area contributed by atoms with Gasteiger partial charge in [0.25, 0.3) is 11.8 Å². The van der Waals surface area contributed by atoms with Crippen LogP contribution < -0.4 is 21.1 Å². The lowest BCUT2D eigenvalue weighted by Gasteiger charge is -2.08. The topological polar surface area (TPSA) is 171 Å². The van der Waals surface area contributed by atoms with Crippen LogP contribution in [0.3, 0.4) is 0 Å². The molecule has 2 aromatic carbocycles. The van der Waals surface area contributed by atoms with Gasteiger partial charge in [-0.3, -0.25) is 14.4 Å². The summed E-state index contributed by atoms with van der Waals surface area (Å²) in [5.41, 5.74) is 6.33. The van der Waals surface area contributed by atoms with Gasteiger partial charge in [-0.2, -0.15) is 5.26 Å². The highest BCUT2D eigenvalue weighted by Crippen LogP contribution is 2.11. The lowest BCUT2D eigenvalue weighted by atomic mass is 10.1. The fraction of sp³-hybridized carbons (Fsp3) is 0.200. The molecule has 162 valence electrons. The second-order valence-corrected chi connectivity index (χ2v) is 8.13. The zero-order valence-corrected chi connectivity index (χ0v) is 17.2. The van der Waals surface area contributed by atoms with E-state index in [9.17, 15) is 22.8 Å². The number of hydrogen-bond acceptors (Lipinski definition) is 6. The van der Waals surface area contributed by atoms with E-state index in [1.807, 2.05) is 6.07 Å². The summed E-state index contributed by atoms with van der Waals surface area (Å²) in [6.45, 7) is -0.0584. The highest BCUT2D eigenvalue weighted by atomic mass is 32.2. The Morgan fingerprint density at radius 2 is 1.45 bits per heavy atom. The van der Waals surface area contributed by atoms with Gasteiger partial charge in [0.2, 0.25) is 15.9 Å². The maximum Gasteiger partial charge on any atom is 0.251 e. The molecule has 0 spiro atoms. The first-order valence-corrected chi connectivity index (χ1v) is 10.6. The largest absolute Gasteiger partial charge is 0.368 e. The Hall–Kier alpha value is -3.75. The molecule has 5 N–H and O–H groups in total. The summed E-state index contributed by atoms with van der Waals surface area (Å²) < 4.78 is 26.4. The van der Waals surface area contributed by atoms with Crippen molar-refractivity contribution in [1.82, 2.24) is 15.4 Å². The van der Waals surface area contributed by atoms with E-state index in [0.717, 1.165) is 5.56 Å². The molecule has 31 heavy (non-hydrogen) atoms. The van der Waals surface area contributed by atoms with Gasteiger partial charge in [0.15, 0.2) is 0 Å². The number of benzene rings is 2. The van der Waals surface area contributed by atoms with E-state index < -0.39 is 27.7 Å². The highest BCUT2D eigenvalue weighted by molar-refractivity contribution is 7.89. The van der Waals surface area contributed by atoms with Gasteiger partial charge >= 0.3 is 0 Å². The van der Waals surface area contributed by atoms with E-state index in [-0.39, 0.29) is 36.5 Å². The first-order valence-electron chi connectivity index (χ1n) is 9.13. The van der Waals surface area contributed by atoms with Crippen molar-refractivity contribution < 1.29 is 22.8 Å². The minimum Gasteiger partial charge on any atom is -0.368 e. The summed E-state index contributed by atoms with van der Waals surface area (Å²) in [4.78, 5) is 34.8. The summed E-state index contributed by atoms with van der Waals surface area (Å²) in [7, 11) is -3.74. The minimum absolute atomic E-state index is 0.00661. The number of nitriles is 1. The fourth-order valence-electron chi connectivity index (χ4n) is 2.44. The van der Waals surface area contributed by atoms with Crippen LogP contribution in [-0.4, -0.2) is 39.2 Å². The minimum atomic E-state index is -3.74. The molecule has 0 radical (unpaired) electrons. The van der Waals surface area contributed by atoms with E-state index >= 15 is 0 Å². The number of carbonyl (C=O) groups is 3. The van der Waals surface area contributed by atoms with Gasteiger partial charge in [0.05, 0.1) is 17.5 Å². The third-order valence-corrected chi connectivity index (χ3v) is 5.52. The van der Waals surface area contributed by atoms with Gasteiger partial charge in [-0.25, -0.2) is 13.1 Å². The predicted molar refractivity (Wildman–Crippen MR) is 111 cm³/mol. The molecule has 0 aliphatic heterocycles. The Morgan fingerprint density at radius 3 is 2.00 bits per heavy atom. The third-order valence-electron chi connectivity index (χ3n) is 4.05. The van der Waals surface area contributed by atoms with Crippen molar-refractivity contribution in [1.29, 1.82) is 5.26 Å². The number of primary amides is 1. The summed E-state index contributed by atoms with van der Waals surface area (Å²) >= 11 is 0. The van der Waals surface area contributed by atoms with Crippen molar-refractivity contribution >= 4 is 27.7 Å². The van der Waals surface area contributed by atoms with Crippen LogP contribution in [0.25, 0.3) is 0 Å². The van der Waals surface area contributed by atoms with Crippen LogP contribution in [0.1, 0.15) is 32.7 Å². The number of nitrogens with zero attached hydrogens (tertiary/aromatic N) is 1. The molecule has 11 heteroatoms. The lowest BCUT2D eigenvalue weighted by Crippen LogP contribution is -2.33. The quantitative estimate of drug-likeness (QED) is 0.377. The predicted octanol–water partition coefficient (Wildman–Crippen LogP) is 0.0237. The van der Waals surface area contributed by atoms with Crippen molar-refractivity contribution in [3.63, 3.8) is 0 Å². The maximum atomic E-state index is 12.3. The SMILES string of the molecule is N#CCCNS(=O)(=O)c1ccc(C(=O)NCc2ccc(C(=O)NCC(N)=O)cc2)cc1.